The van der Waals surface area contributed by atoms with Gasteiger partial charge < -0.3 is 10.0 Å². The van der Waals surface area contributed by atoms with Crippen molar-refractivity contribution in [1.82, 2.24) is 4.90 Å². The van der Waals surface area contributed by atoms with E-state index < -0.39 is 0 Å². The molecule has 3 nitrogen and oxygen atoms in total. The van der Waals surface area contributed by atoms with Crippen LogP contribution in [-0.4, -0.2) is 35.3 Å². The van der Waals surface area contributed by atoms with Crippen molar-refractivity contribution in [3.63, 3.8) is 0 Å². The third kappa shape index (κ3) is 3.85. The van der Waals surface area contributed by atoms with Gasteiger partial charge in [0.15, 0.2) is 0 Å². The number of carbonyl (C=O) groups excluding carboxylic acids is 1. The monoisotopic (exact) mass is 307 g/mol. The minimum Gasteiger partial charge on any atom is -0.395 e. The Hall–Kier alpha value is -1.30. The molecule has 1 aromatic heterocycles. The number of thioether (sulfide) groups is 1. The van der Waals surface area contributed by atoms with E-state index >= 15 is 0 Å². The first-order valence-electron chi connectivity index (χ1n) is 6.30. The molecule has 0 aliphatic rings. The number of aliphatic hydroxyl groups is 1. The number of aliphatic hydroxyl groups excluding tert-OH is 1. The highest BCUT2D eigenvalue weighted by Gasteiger charge is 2.15. The minimum absolute atomic E-state index is 0.0290. The number of benzene rings is 1. The van der Waals surface area contributed by atoms with Crippen LogP contribution in [0.25, 0.3) is 0 Å². The van der Waals surface area contributed by atoms with Crippen LogP contribution in [0.2, 0.25) is 0 Å². The Morgan fingerprint density at radius 3 is 2.60 bits per heavy atom. The molecule has 2 rings (SSSR count). The van der Waals surface area contributed by atoms with Gasteiger partial charge in [-0.05, 0) is 52.9 Å². The molecule has 0 aliphatic carbocycles. The third-order valence-corrected chi connectivity index (χ3v) is 4.42. The van der Waals surface area contributed by atoms with Crippen LogP contribution in [0, 0.1) is 0 Å². The van der Waals surface area contributed by atoms with E-state index in [9.17, 15) is 4.79 Å². The average molecular weight is 307 g/mol. The molecule has 0 saturated heterocycles. The Morgan fingerprint density at radius 1 is 1.30 bits per heavy atom. The predicted molar refractivity (Wildman–Crippen MR) is 84.4 cm³/mol. The van der Waals surface area contributed by atoms with E-state index in [1.165, 1.54) is 0 Å². The Bertz CT molecular complexity index is 538. The number of hydrogen-bond acceptors (Lipinski definition) is 4. The molecule has 0 saturated carbocycles. The molecule has 20 heavy (non-hydrogen) atoms. The highest BCUT2D eigenvalue weighted by Crippen LogP contribution is 2.17. The summed E-state index contributed by atoms with van der Waals surface area (Å²) in [7, 11) is 0. The van der Waals surface area contributed by atoms with E-state index in [1.54, 1.807) is 28.0 Å². The van der Waals surface area contributed by atoms with Crippen molar-refractivity contribution in [2.75, 3.05) is 19.4 Å². The van der Waals surface area contributed by atoms with E-state index in [1.807, 2.05) is 47.3 Å². The summed E-state index contributed by atoms with van der Waals surface area (Å²) in [5.74, 6) is -0.0436. The Labute approximate surface area is 127 Å². The van der Waals surface area contributed by atoms with Crippen LogP contribution in [0.1, 0.15) is 15.9 Å². The van der Waals surface area contributed by atoms with Gasteiger partial charge in [-0.3, -0.25) is 4.79 Å². The van der Waals surface area contributed by atoms with Crippen molar-refractivity contribution in [1.29, 1.82) is 0 Å². The maximum Gasteiger partial charge on any atom is 0.254 e. The lowest BCUT2D eigenvalue weighted by atomic mass is 10.2. The van der Waals surface area contributed by atoms with E-state index in [2.05, 4.69) is 0 Å². The van der Waals surface area contributed by atoms with E-state index in [0.29, 0.717) is 18.7 Å². The topological polar surface area (TPSA) is 40.5 Å². The van der Waals surface area contributed by atoms with Gasteiger partial charge in [0.1, 0.15) is 0 Å². The zero-order chi connectivity index (χ0) is 14.4. The second-order valence-corrected chi connectivity index (χ2v) is 5.97. The first-order chi connectivity index (χ1) is 9.74. The lowest BCUT2D eigenvalue weighted by Crippen LogP contribution is -2.32. The van der Waals surface area contributed by atoms with Crippen LogP contribution in [0.5, 0.6) is 0 Å². The zero-order valence-corrected chi connectivity index (χ0v) is 12.9. The number of carbonyl (C=O) groups is 1. The number of amides is 1. The van der Waals surface area contributed by atoms with Gasteiger partial charge in [-0.15, -0.1) is 11.8 Å². The number of rotatable bonds is 6. The smallest absolute Gasteiger partial charge is 0.254 e. The Kier molecular flexibility index (Phi) is 5.64. The molecule has 0 radical (unpaired) electrons. The van der Waals surface area contributed by atoms with Gasteiger partial charge in [0, 0.05) is 23.5 Å². The van der Waals surface area contributed by atoms with Crippen molar-refractivity contribution in [3.05, 3.63) is 52.2 Å². The maximum absolute atomic E-state index is 12.5. The Morgan fingerprint density at radius 2 is 2.05 bits per heavy atom. The fourth-order valence-electron chi connectivity index (χ4n) is 1.89. The summed E-state index contributed by atoms with van der Waals surface area (Å²) < 4.78 is 0. The second-order valence-electron chi connectivity index (χ2n) is 4.31. The van der Waals surface area contributed by atoms with Gasteiger partial charge in [0.2, 0.25) is 0 Å². The second kappa shape index (κ2) is 7.47. The largest absolute Gasteiger partial charge is 0.395 e. The van der Waals surface area contributed by atoms with E-state index in [0.717, 1.165) is 10.5 Å². The highest BCUT2D eigenvalue weighted by molar-refractivity contribution is 7.98. The normalized spacial score (nSPS) is 10.5. The van der Waals surface area contributed by atoms with Crippen LogP contribution in [0.15, 0.2) is 46.0 Å². The molecule has 0 fully saturated rings. The van der Waals surface area contributed by atoms with Crippen molar-refractivity contribution >= 4 is 29.0 Å². The molecular weight excluding hydrogens is 290 g/mol. The van der Waals surface area contributed by atoms with Crippen LogP contribution < -0.4 is 0 Å². The molecule has 0 aliphatic heterocycles. The molecule has 106 valence electrons. The molecule has 0 unspecified atom stereocenters. The van der Waals surface area contributed by atoms with E-state index in [-0.39, 0.29) is 12.5 Å². The first-order valence-corrected chi connectivity index (χ1v) is 8.46. The first kappa shape index (κ1) is 15.1. The van der Waals surface area contributed by atoms with Crippen molar-refractivity contribution in [2.45, 2.75) is 11.4 Å². The fourth-order valence-corrected chi connectivity index (χ4v) is 2.96. The average Bonchev–Trinajstić information content (AvgIpc) is 2.99. The van der Waals surface area contributed by atoms with Crippen molar-refractivity contribution < 1.29 is 9.90 Å². The molecule has 1 N–H and O–H groups in total. The number of thiophene rings is 1. The van der Waals surface area contributed by atoms with Gasteiger partial charge in [0.05, 0.1) is 6.61 Å². The summed E-state index contributed by atoms with van der Waals surface area (Å²) in [4.78, 5) is 15.3. The summed E-state index contributed by atoms with van der Waals surface area (Å²) in [5.41, 5.74) is 1.75. The number of nitrogens with zero attached hydrogens (tertiary/aromatic N) is 1. The van der Waals surface area contributed by atoms with Crippen molar-refractivity contribution in [3.8, 4) is 0 Å². The van der Waals surface area contributed by atoms with Crippen LogP contribution in [0.4, 0.5) is 0 Å². The molecule has 2 aromatic rings. The summed E-state index contributed by atoms with van der Waals surface area (Å²) in [6, 6.07) is 9.57. The van der Waals surface area contributed by atoms with Gasteiger partial charge in [-0.25, -0.2) is 0 Å². The zero-order valence-electron chi connectivity index (χ0n) is 11.3. The van der Waals surface area contributed by atoms with Gasteiger partial charge in [0.25, 0.3) is 5.91 Å². The summed E-state index contributed by atoms with van der Waals surface area (Å²) >= 11 is 3.26. The van der Waals surface area contributed by atoms with Crippen molar-refractivity contribution in [2.24, 2.45) is 0 Å². The molecular formula is C15H17NO2S2. The van der Waals surface area contributed by atoms with Crippen LogP contribution in [0.3, 0.4) is 0 Å². The molecule has 1 amide bonds. The third-order valence-electron chi connectivity index (χ3n) is 2.95. The SMILES string of the molecule is CSc1ccc(C(=O)N(CCO)Cc2ccsc2)cc1. The number of hydrogen-bond donors (Lipinski definition) is 1. The minimum atomic E-state index is -0.0436. The molecule has 0 spiro atoms. The predicted octanol–water partition coefficient (Wildman–Crippen LogP) is 3.10. The Balaban J connectivity index is 2.12. The lowest BCUT2D eigenvalue weighted by Gasteiger charge is -2.21. The highest BCUT2D eigenvalue weighted by atomic mass is 32.2. The fraction of sp³-hybridized carbons (Fsp3) is 0.267. The summed E-state index contributed by atoms with van der Waals surface area (Å²) in [5, 5.41) is 13.2. The van der Waals surface area contributed by atoms with Crippen LogP contribution in [-0.2, 0) is 6.54 Å². The van der Waals surface area contributed by atoms with Crippen LogP contribution >= 0.6 is 23.1 Å². The maximum atomic E-state index is 12.5. The van der Waals surface area contributed by atoms with E-state index in [4.69, 9.17) is 5.11 Å². The molecule has 5 heteroatoms. The summed E-state index contributed by atoms with van der Waals surface area (Å²) in [6.45, 7) is 0.852. The molecule has 1 heterocycles. The molecule has 0 bridgehead atoms. The standard InChI is InChI=1S/C15H17NO2S2/c1-19-14-4-2-13(3-5-14)15(18)16(7-8-17)10-12-6-9-20-11-12/h2-6,9,11,17H,7-8,10H2,1H3. The lowest BCUT2D eigenvalue weighted by molar-refractivity contribution is 0.0708. The summed E-state index contributed by atoms with van der Waals surface area (Å²) in [6.07, 6.45) is 2.01. The van der Waals surface area contributed by atoms with Gasteiger partial charge >= 0.3 is 0 Å². The van der Waals surface area contributed by atoms with Gasteiger partial charge in [-0.2, -0.15) is 11.3 Å². The molecule has 1 aromatic carbocycles. The van der Waals surface area contributed by atoms with Gasteiger partial charge in [-0.1, -0.05) is 0 Å². The molecule has 0 atom stereocenters. The quantitative estimate of drug-likeness (QED) is 0.834.